The second-order valence-corrected chi connectivity index (χ2v) is 3.69. The van der Waals surface area contributed by atoms with Crippen LogP contribution in [-0.2, 0) is 14.3 Å². The van der Waals surface area contributed by atoms with Crippen LogP contribution in [0.1, 0.15) is 19.8 Å². The van der Waals surface area contributed by atoms with Gasteiger partial charge in [-0.05, 0) is 19.8 Å². The molecule has 1 rings (SSSR count). The predicted octanol–water partition coefficient (Wildman–Crippen LogP) is -0.873. The normalized spacial score (nSPS) is 13.7. The fourth-order valence-electron chi connectivity index (χ4n) is 1.08. The van der Waals surface area contributed by atoms with E-state index in [0.29, 0.717) is 0 Å². The highest BCUT2D eigenvalue weighted by Gasteiger charge is 2.23. The summed E-state index contributed by atoms with van der Waals surface area (Å²) in [5.74, 6) is -0.638. The number of rotatable bonds is 6. The van der Waals surface area contributed by atoms with Crippen molar-refractivity contribution in [1.29, 1.82) is 0 Å². The van der Waals surface area contributed by atoms with Crippen molar-refractivity contribution in [2.24, 2.45) is 0 Å². The van der Waals surface area contributed by atoms with Crippen molar-refractivity contribution in [3.8, 4) is 0 Å². The van der Waals surface area contributed by atoms with Crippen molar-refractivity contribution in [2.75, 3.05) is 19.7 Å². The molecule has 0 spiro atoms. The largest absolute Gasteiger partial charge is 0.450 e. The Kier molecular flexibility index (Phi) is 5.25. The van der Waals surface area contributed by atoms with Gasteiger partial charge >= 0.3 is 6.09 Å². The molecule has 7 heteroatoms. The standard InChI is InChI=1S/C10H17N3O4/c1-2-17-10(16)12-5-8(14)11-6-9(15)13-7-3-4-7/h7H,2-6H2,1H3,(H,11,14)(H,12,16)(H,13,15). The molecule has 0 aliphatic heterocycles. The smallest absolute Gasteiger partial charge is 0.407 e. The molecule has 0 heterocycles. The van der Waals surface area contributed by atoms with Gasteiger partial charge in [-0.1, -0.05) is 0 Å². The Morgan fingerprint density at radius 3 is 2.35 bits per heavy atom. The van der Waals surface area contributed by atoms with Crippen LogP contribution in [0.5, 0.6) is 0 Å². The third kappa shape index (κ3) is 6.39. The van der Waals surface area contributed by atoms with Crippen LogP contribution in [0.2, 0.25) is 0 Å². The molecule has 3 amide bonds. The maximum absolute atomic E-state index is 11.2. The number of carbonyl (C=O) groups is 3. The van der Waals surface area contributed by atoms with E-state index < -0.39 is 12.0 Å². The fourth-order valence-corrected chi connectivity index (χ4v) is 1.08. The average molecular weight is 243 g/mol. The van der Waals surface area contributed by atoms with E-state index >= 15 is 0 Å². The molecule has 0 atom stereocenters. The van der Waals surface area contributed by atoms with Gasteiger partial charge in [0.05, 0.1) is 13.2 Å². The van der Waals surface area contributed by atoms with Crippen molar-refractivity contribution < 1.29 is 19.1 Å². The number of carbonyl (C=O) groups excluding carboxylic acids is 3. The van der Waals surface area contributed by atoms with Gasteiger partial charge in [0.15, 0.2) is 0 Å². The average Bonchev–Trinajstić information content (AvgIpc) is 3.08. The maximum atomic E-state index is 11.2. The summed E-state index contributed by atoms with van der Waals surface area (Å²) in [6.07, 6.45) is 1.36. The molecule has 0 radical (unpaired) electrons. The van der Waals surface area contributed by atoms with Crippen LogP contribution in [0.4, 0.5) is 4.79 Å². The minimum atomic E-state index is -0.648. The third-order valence-electron chi connectivity index (χ3n) is 2.06. The SMILES string of the molecule is CCOC(=O)NCC(=O)NCC(=O)NC1CC1. The molecule has 0 saturated heterocycles. The van der Waals surface area contributed by atoms with Crippen molar-refractivity contribution in [2.45, 2.75) is 25.8 Å². The molecule has 0 bridgehead atoms. The zero-order valence-electron chi connectivity index (χ0n) is 9.75. The van der Waals surface area contributed by atoms with Gasteiger partial charge in [-0.25, -0.2) is 4.79 Å². The molecule has 0 aromatic carbocycles. The lowest BCUT2D eigenvalue weighted by molar-refractivity contribution is -0.125. The summed E-state index contributed by atoms with van der Waals surface area (Å²) in [5.41, 5.74) is 0. The van der Waals surface area contributed by atoms with E-state index in [1.54, 1.807) is 6.92 Å². The summed E-state index contributed by atoms with van der Waals surface area (Å²) in [7, 11) is 0. The molecule has 1 fully saturated rings. The summed E-state index contributed by atoms with van der Waals surface area (Å²) in [6, 6.07) is 0.275. The van der Waals surface area contributed by atoms with Crippen LogP contribution >= 0.6 is 0 Å². The minimum Gasteiger partial charge on any atom is -0.450 e. The van der Waals surface area contributed by atoms with Gasteiger partial charge < -0.3 is 20.7 Å². The lowest BCUT2D eigenvalue weighted by Gasteiger charge is -2.07. The van der Waals surface area contributed by atoms with Gasteiger partial charge in [0, 0.05) is 6.04 Å². The van der Waals surface area contributed by atoms with Crippen molar-refractivity contribution in [3.63, 3.8) is 0 Å². The third-order valence-corrected chi connectivity index (χ3v) is 2.06. The Bertz CT molecular complexity index is 302. The topological polar surface area (TPSA) is 96.5 Å². The van der Waals surface area contributed by atoms with Gasteiger partial charge in [0.1, 0.15) is 6.54 Å². The first-order valence-electron chi connectivity index (χ1n) is 5.58. The van der Waals surface area contributed by atoms with Crippen molar-refractivity contribution >= 4 is 17.9 Å². The predicted molar refractivity (Wildman–Crippen MR) is 59.2 cm³/mol. The van der Waals surface area contributed by atoms with Crippen LogP contribution < -0.4 is 16.0 Å². The van der Waals surface area contributed by atoms with E-state index in [1.165, 1.54) is 0 Å². The molecular weight excluding hydrogens is 226 g/mol. The van der Waals surface area contributed by atoms with Gasteiger partial charge in [0.2, 0.25) is 11.8 Å². The Hall–Kier alpha value is -1.79. The van der Waals surface area contributed by atoms with E-state index in [-0.39, 0.29) is 31.6 Å². The highest BCUT2D eigenvalue weighted by molar-refractivity contribution is 5.87. The van der Waals surface area contributed by atoms with Crippen LogP contribution in [0, 0.1) is 0 Å². The molecule has 1 aliphatic carbocycles. The number of ether oxygens (including phenoxy) is 1. The van der Waals surface area contributed by atoms with E-state index in [2.05, 4.69) is 20.7 Å². The molecular formula is C10H17N3O4. The van der Waals surface area contributed by atoms with E-state index in [4.69, 9.17) is 0 Å². The second kappa shape index (κ2) is 6.72. The van der Waals surface area contributed by atoms with Gasteiger partial charge in [-0.2, -0.15) is 0 Å². The van der Waals surface area contributed by atoms with Crippen molar-refractivity contribution in [1.82, 2.24) is 16.0 Å². The van der Waals surface area contributed by atoms with Crippen LogP contribution in [-0.4, -0.2) is 43.6 Å². The highest BCUT2D eigenvalue weighted by atomic mass is 16.5. The molecule has 0 aromatic rings. The minimum absolute atomic E-state index is 0.0696. The monoisotopic (exact) mass is 243 g/mol. The zero-order chi connectivity index (χ0) is 12.7. The van der Waals surface area contributed by atoms with Gasteiger partial charge in [-0.3, -0.25) is 9.59 Å². The molecule has 0 aromatic heterocycles. The number of alkyl carbamates (subject to hydrolysis) is 1. The number of nitrogens with one attached hydrogen (secondary N) is 3. The highest BCUT2D eigenvalue weighted by Crippen LogP contribution is 2.17. The van der Waals surface area contributed by atoms with E-state index in [1.807, 2.05) is 0 Å². The molecule has 0 unspecified atom stereocenters. The van der Waals surface area contributed by atoms with E-state index in [0.717, 1.165) is 12.8 Å². The summed E-state index contributed by atoms with van der Waals surface area (Å²) in [6.45, 7) is 1.65. The Balaban J connectivity index is 2.03. The Morgan fingerprint density at radius 2 is 1.76 bits per heavy atom. The number of hydrogen-bond acceptors (Lipinski definition) is 4. The first-order valence-corrected chi connectivity index (χ1v) is 5.58. The Morgan fingerprint density at radius 1 is 1.12 bits per heavy atom. The molecule has 17 heavy (non-hydrogen) atoms. The van der Waals surface area contributed by atoms with Gasteiger partial charge in [0.25, 0.3) is 0 Å². The molecule has 1 saturated carbocycles. The molecule has 7 nitrogen and oxygen atoms in total. The fraction of sp³-hybridized carbons (Fsp3) is 0.700. The molecule has 1 aliphatic rings. The quantitative estimate of drug-likeness (QED) is 0.565. The lowest BCUT2D eigenvalue weighted by Crippen LogP contribution is -2.42. The molecule has 96 valence electrons. The number of hydrogen-bond donors (Lipinski definition) is 3. The first kappa shape index (κ1) is 13.3. The number of amides is 3. The van der Waals surface area contributed by atoms with E-state index in [9.17, 15) is 14.4 Å². The van der Waals surface area contributed by atoms with Crippen LogP contribution in [0.3, 0.4) is 0 Å². The summed E-state index contributed by atoms with van der Waals surface area (Å²) in [4.78, 5) is 33.2. The second-order valence-electron chi connectivity index (χ2n) is 3.69. The van der Waals surface area contributed by atoms with Crippen molar-refractivity contribution in [3.05, 3.63) is 0 Å². The van der Waals surface area contributed by atoms with Crippen LogP contribution in [0.15, 0.2) is 0 Å². The lowest BCUT2D eigenvalue weighted by atomic mass is 10.5. The Labute approximate surface area is 99.3 Å². The summed E-state index contributed by atoms with van der Waals surface area (Å²) >= 11 is 0. The van der Waals surface area contributed by atoms with Crippen LogP contribution in [0.25, 0.3) is 0 Å². The molecule has 3 N–H and O–H groups in total. The summed E-state index contributed by atoms with van der Waals surface area (Å²) in [5, 5.41) is 7.38. The zero-order valence-corrected chi connectivity index (χ0v) is 9.75. The maximum Gasteiger partial charge on any atom is 0.407 e. The van der Waals surface area contributed by atoms with Gasteiger partial charge in [-0.15, -0.1) is 0 Å². The summed E-state index contributed by atoms with van der Waals surface area (Å²) < 4.78 is 4.57. The first-order chi connectivity index (χ1) is 8.11.